The molecule has 0 unspecified atom stereocenters. The van der Waals surface area contributed by atoms with E-state index in [2.05, 4.69) is 26.2 Å². The zero-order valence-electron chi connectivity index (χ0n) is 10.8. The van der Waals surface area contributed by atoms with Crippen LogP contribution in [0.3, 0.4) is 0 Å². The van der Waals surface area contributed by atoms with Crippen LogP contribution in [-0.2, 0) is 13.0 Å². The molecule has 0 radical (unpaired) electrons. The van der Waals surface area contributed by atoms with Crippen LogP contribution in [0.15, 0.2) is 46.9 Å². The molecule has 0 fully saturated rings. The summed E-state index contributed by atoms with van der Waals surface area (Å²) in [6, 6.07) is 12.6. The van der Waals surface area contributed by atoms with E-state index in [0.29, 0.717) is 0 Å². The fraction of sp³-hybridized carbons (Fsp3) is 0.200. The number of halogens is 2. The standard InChI is InChI=1S/C15H13BrFN3/c16-12-6-7-14-15(10-12)20(19-18-14)8-2-4-11-3-1-5-13(17)9-11/h1,3,5-7,9-10H,2,4,8H2. The van der Waals surface area contributed by atoms with Crippen molar-refractivity contribution in [2.45, 2.75) is 19.4 Å². The van der Waals surface area contributed by atoms with Crippen molar-refractivity contribution in [3.8, 4) is 0 Å². The zero-order valence-corrected chi connectivity index (χ0v) is 12.3. The molecule has 0 atom stereocenters. The largest absolute Gasteiger partial charge is 0.245 e. The van der Waals surface area contributed by atoms with E-state index in [0.717, 1.165) is 40.5 Å². The van der Waals surface area contributed by atoms with E-state index in [-0.39, 0.29) is 5.82 Å². The molecule has 0 aliphatic carbocycles. The molecule has 1 aromatic heterocycles. The van der Waals surface area contributed by atoms with Crippen molar-refractivity contribution >= 4 is 27.0 Å². The van der Waals surface area contributed by atoms with Crippen LogP contribution in [-0.4, -0.2) is 15.0 Å². The van der Waals surface area contributed by atoms with E-state index in [4.69, 9.17) is 0 Å². The van der Waals surface area contributed by atoms with Gasteiger partial charge in [-0.25, -0.2) is 9.07 Å². The molecule has 3 rings (SSSR count). The first-order valence-electron chi connectivity index (χ1n) is 6.45. The summed E-state index contributed by atoms with van der Waals surface area (Å²) < 4.78 is 16.0. The van der Waals surface area contributed by atoms with E-state index in [9.17, 15) is 4.39 Å². The molecule has 0 aliphatic rings. The van der Waals surface area contributed by atoms with Gasteiger partial charge in [0.25, 0.3) is 0 Å². The molecule has 1 heterocycles. The van der Waals surface area contributed by atoms with Crippen LogP contribution in [0.5, 0.6) is 0 Å². The van der Waals surface area contributed by atoms with Gasteiger partial charge in [0.05, 0.1) is 5.52 Å². The average molecular weight is 334 g/mol. The number of hydrogen-bond donors (Lipinski definition) is 0. The Hall–Kier alpha value is -1.75. The van der Waals surface area contributed by atoms with Crippen LogP contribution < -0.4 is 0 Å². The minimum absolute atomic E-state index is 0.183. The molecule has 0 bridgehead atoms. The first-order chi connectivity index (χ1) is 9.72. The van der Waals surface area contributed by atoms with Gasteiger partial charge in [-0.15, -0.1) is 5.10 Å². The van der Waals surface area contributed by atoms with Gasteiger partial charge in [-0.05, 0) is 48.7 Å². The minimum atomic E-state index is -0.183. The highest BCUT2D eigenvalue weighted by Crippen LogP contribution is 2.18. The Morgan fingerprint density at radius 3 is 2.90 bits per heavy atom. The van der Waals surface area contributed by atoms with Crippen LogP contribution in [0.4, 0.5) is 4.39 Å². The summed E-state index contributed by atoms with van der Waals surface area (Å²) in [7, 11) is 0. The Morgan fingerprint density at radius 2 is 2.05 bits per heavy atom. The van der Waals surface area contributed by atoms with Gasteiger partial charge in [-0.1, -0.05) is 33.3 Å². The van der Waals surface area contributed by atoms with Gasteiger partial charge < -0.3 is 0 Å². The maximum atomic E-state index is 13.1. The number of aromatic nitrogens is 3. The fourth-order valence-corrected chi connectivity index (χ4v) is 2.58. The first kappa shape index (κ1) is 13.2. The summed E-state index contributed by atoms with van der Waals surface area (Å²) >= 11 is 3.45. The monoisotopic (exact) mass is 333 g/mol. The first-order valence-corrected chi connectivity index (χ1v) is 7.25. The molecule has 2 aromatic carbocycles. The third-order valence-corrected chi connectivity index (χ3v) is 3.69. The Labute approximate surface area is 124 Å². The summed E-state index contributed by atoms with van der Waals surface area (Å²) in [6.07, 6.45) is 1.72. The second-order valence-corrected chi connectivity index (χ2v) is 5.59. The Kier molecular flexibility index (Phi) is 3.78. The van der Waals surface area contributed by atoms with E-state index < -0.39 is 0 Å². The number of benzene rings is 2. The molecule has 0 amide bonds. The predicted octanol–water partition coefficient (Wildman–Crippen LogP) is 3.97. The maximum absolute atomic E-state index is 13.1. The normalized spacial score (nSPS) is 11.1. The Morgan fingerprint density at radius 1 is 1.15 bits per heavy atom. The molecular formula is C15H13BrFN3. The lowest BCUT2D eigenvalue weighted by Gasteiger charge is -2.03. The fourth-order valence-electron chi connectivity index (χ4n) is 2.23. The summed E-state index contributed by atoms with van der Waals surface area (Å²) in [5.41, 5.74) is 2.91. The molecule has 20 heavy (non-hydrogen) atoms. The van der Waals surface area contributed by atoms with Gasteiger partial charge in [0, 0.05) is 11.0 Å². The number of aryl methyl sites for hydroxylation is 2. The summed E-state index contributed by atoms with van der Waals surface area (Å²) in [4.78, 5) is 0. The van der Waals surface area contributed by atoms with Crippen molar-refractivity contribution in [2.24, 2.45) is 0 Å². The molecule has 0 saturated heterocycles. The van der Waals surface area contributed by atoms with Crippen LogP contribution >= 0.6 is 15.9 Å². The van der Waals surface area contributed by atoms with Gasteiger partial charge in [-0.3, -0.25) is 0 Å². The van der Waals surface area contributed by atoms with Gasteiger partial charge in [0.15, 0.2) is 0 Å². The second kappa shape index (κ2) is 5.71. The van der Waals surface area contributed by atoms with Crippen molar-refractivity contribution in [2.75, 3.05) is 0 Å². The smallest absolute Gasteiger partial charge is 0.123 e. The van der Waals surface area contributed by atoms with Crippen LogP contribution in [0, 0.1) is 5.82 Å². The van der Waals surface area contributed by atoms with Crippen molar-refractivity contribution in [1.29, 1.82) is 0 Å². The number of nitrogens with zero attached hydrogens (tertiary/aromatic N) is 3. The lowest BCUT2D eigenvalue weighted by atomic mass is 10.1. The quantitative estimate of drug-likeness (QED) is 0.723. The van der Waals surface area contributed by atoms with E-state index in [1.165, 1.54) is 6.07 Å². The minimum Gasteiger partial charge on any atom is -0.245 e. The highest BCUT2D eigenvalue weighted by molar-refractivity contribution is 9.10. The Bertz CT molecular complexity index is 739. The number of rotatable bonds is 4. The van der Waals surface area contributed by atoms with Crippen molar-refractivity contribution in [3.05, 3.63) is 58.3 Å². The lowest BCUT2D eigenvalue weighted by Crippen LogP contribution is -2.02. The highest BCUT2D eigenvalue weighted by atomic mass is 79.9. The van der Waals surface area contributed by atoms with E-state index in [1.807, 2.05) is 28.9 Å². The van der Waals surface area contributed by atoms with Crippen LogP contribution in [0.2, 0.25) is 0 Å². The maximum Gasteiger partial charge on any atom is 0.123 e. The van der Waals surface area contributed by atoms with Gasteiger partial charge in [0.1, 0.15) is 11.3 Å². The summed E-state index contributed by atoms with van der Waals surface area (Å²) in [6.45, 7) is 0.767. The number of fused-ring (bicyclic) bond motifs is 1. The molecule has 102 valence electrons. The molecule has 3 nitrogen and oxygen atoms in total. The predicted molar refractivity (Wildman–Crippen MR) is 79.9 cm³/mol. The highest BCUT2D eigenvalue weighted by Gasteiger charge is 2.05. The average Bonchev–Trinajstić information content (AvgIpc) is 2.82. The van der Waals surface area contributed by atoms with Crippen molar-refractivity contribution in [3.63, 3.8) is 0 Å². The van der Waals surface area contributed by atoms with Gasteiger partial charge in [-0.2, -0.15) is 0 Å². The third kappa shape index (κ3) is 2.88. The molecule has 0 N–H and O–H groups in total. The lowest BCUT2D eigenvalue weighted by molar-refractivity contribution is 0.571. The van der Waals surface area contributed by atoms with E-state index >= 15 is 0 Å². The van der Waals surface area contributed by atoms with E-state index in [1.54, 1.807) is 12.1 Å². The topological polar surface area (TPSA) is 30.7 Å². The molecule has 3 aromatic rings. The Balaban J connectivity index is 1.69. The number of hydrogen-bond acceptors (Lipinski definition) is 2. The van der Waals surface area contributed by atoms with Crippen LogP contribution in [0.1, 0.15) is 12.0 Å². The summed E-state index contributed by atoms with van der Waals surface area (Å²) in [5.74, 6) is -0.183. The molecule has 0 aliphatic heterocycles. The second-order valence-electron chi connectivity index (χ2n) is 4.68. The summed E-state index contributed by atoms with van der Waals surface area (Å²) in [5, 5.41) is 8.29. The molecule has 5 heteroatoms. The molecule has 0 spiro atoms. The molecular weight excluding hydrogens is 321 g/mol. The SMILES string of the molecule is Fc1cccc(CCCn2nnc3ccc(Br)cc32)c1. The van der Waals surface area contributed by atoms with Gasteiger partial charge >= 0.3 is 0 Å². The van der Waals surface area contributed by atoms with Crippen LogP contribution in [0.25, 0.3) is 11.0 Å². The zero-order chi connectivity index (χ0) is 13.9. The third-order valence-electron chi connectivity index (χ3n) is 3.20. The van der Waals surface area contributed by atoms with Gasteiger partial charge in [0.2, 0.25) is 0 Å². The molecule has 0 saturated carbocycles. The van der Waals surface area contributed by atoms with Crippen molar-refractivity contribution in [1.82, 2.24) is 15.0 Å². The van der Waals surface area contributed by atoms with Crippen molar-refractivity contribution < 1.29 is 4.39 Å².